The number of carbonyl (C=O) groups is 1. The van der Waals surface area contributed by atoms with Gasteiger partial charge in [-0.2, -0.15) is 0 Å². The van der Waals surface area contributed by atoms with Gasteiger partial charge >= 0.3 is 5.97 Å². The molecule has 0 bridgehead atoms. The SMILES string of the molecule is CC(C)(N)C/C=C/C(=O)O. The highest BCUT2D eigenvalue weighted by atomic mass is 16.4. The molecule has 0 amide bonds. The van der Waals surface area contributed by atoms with Gasteiger partial charge in [0.2, 0.25) is 0 Å². The third-order valence-corrected chi connectivity index (χ3v) is 0.904. The number of carboxylic acid groups (broad SMARTS) is 1. The second-order valence-corrected chi connectivity index (χ2v) is 2.93. The summed E-state index contributed by atoms with van der Waals surface area (Å²) in [5.41, 5.74) is 5.26. The van der Waals surface area contributed by atoms with Gasteiger partial charge in [0.15, 0.2) is 0 Å². The maximum Gasteiger partial charge on any atom is 0.327 e. The summed E-state index contributed by atoms with van der Waals surface area (Å²) in [6, 6.07) is 0. The number of hydrogen-bond donors (Lipinski definition) is 2. The Labute approximate surface area is 60.5 Å². The van der Waals surface area contributed by atoms with Gasteiger partial charge in [0.1, 0.15) is 0 Å². The van der Waals surface area contributed by atoms with Crippen LogP contribution in [-0.4, -0.2) is 16.6 Å². The molecule has 10 heavy (non-hydrogen) atoms. The molecule has 0 heterocycles. The Bertz CT molecular complexity index is 144. The van der Waals surface area contributed by atoms with E-state index >= 15 is 0 Å². The van der Waals surface area contributed by atoms with Crippen molar-refractivity contribution in [3.63, 3.8) is 0 Å². The molecule has 3 nitrogen and oxygen atoms in total. The fourth-order valence-electron chi connectivity index (χ4n) is 0.463. The average Bonchev–Trinajstić information content (AvgIpc) is 1.59. The highest BCUT2D eigenvalue weighted by Gasteiger charge is 2.06. The van der Waals surface area contributed by atoms with Crippen molar-refractivity contribution in [2.45, 2.75) is 25.8 Å². The fourth-order valence-corrected chi connectivity index (χ4v) is 0.463. The molecular weight excluding hydrogens is 130 g/mol. The molecule has 0 saturated heterocycles. The van der Waals surface area contributed by atoms with Crippen LogP contribution in [0.4, 0.5) is 0 Å². The normalized spacial score (nSPS) is 12.3. The number of carboxylic acids is 1. The minimum atomic E-state index is -0.927. The maximum atomic E-state index is 9.96. The highest BCUT2D eigenvalue weighted by molar-refractivity contribution is 5.79. The largest absolute Gasteiger partial charge is 0.478 e. The Morgan fingerprint density at radius 2 is 2.20 bits per heavy atom. The van der Waals surface area contributed by atoms with Crippen molar-refractivity contribution in [2.24, 2.45) is 5.73 Å². The summed E-state index contributed by atoms with van der Waals surface area (Å²) >= 11 is 0. The van der Waals surface area contributed by atoms with E-state index in [1.807, 2.05) is 13.8 Å². The minimum Gasteiger partial charge on any atom is -0.478 e. The molecule has 0 saturated carbocycles. The smallest absolute Gasteiger partial charge is 0.327 e. The zero-order valence-corrected chi connectivity index (χ0v) is 6.29. The van der Waals surface area contributed by atoms with Gasteiger partial charge in [0.05, 0.1) is 0 Å². The zero-order chi connectivity index (χ0) is 8.20. The first-order chi connectivity index (χ1) is 4.42. The molecule has 0 aliphatic rings. The summed E-state index contributed by atoms with van der Waals surface area (Å²) in [6.45, 7) is 3.69. The van der Waals surface area contributed by atoms with E-state index in [1.54, 1.807) is 6.08 Å². The Hall–Kier alpha value is -0.830. The van der Waals surface area contributed by atoms with E-state index in [1.165, 1.54) is 0 Å². The van der Waals surface area contributed by atoms with Gasteiger partial charge < -0.3 is 10.8 Å². The van der Waals surface area contributed by atoms with Crippen LogP contribution >= 0.6 is 0 Å². The second-order valence-electron chi connectivity index (χ2n) is 2.93. The summed E-state index contributed by atoms with van der Waals surface area (Å²) in [7, 11) is 0. The lowest BCUT2D eigenvalue weighted by atomic mass is 10.0. The van der Waals surface area contributed by atoms with Crippen LogP contribution in [0.25, 0.3) is 0 Å². The van der Waals surface area contributed by atoms with Crippen LogP contribution in [-0.2, 0) is 4.79 Å². The number of rotatable bonds is 3. The minimum absolute atomic E-state index is 0.314. The summed E-state index contributed by atoms with van der Waals surface area (Å²) in [5.74, 6) is -0.927. The van der Waals surface area contributed by atoms with E-state index < -0.39 is 5.97 Å². The van der Waals surface area contributed by atoms with Gasteiger partial charge in [0.25, 0.3) is 0 Å². The van der Waals surface area contributed by atoms with Crippen LogP contribution in [0, 0.1) is 0 Å². The molecule has 0 aromatic heterocycles. The lowest BCUT2D eigenvalue weighted by molar-refractivity contribution is -0.131. The van der Waals surface area contributed by atoms with Crippen LogP contribution in [0.5, 0.6) is 0 Å². The number of hydrogen-bond acceptors (Lipinski definition) is 2. The van der Waals surface area contributed by atoms with Crippen molar-refractivity contribution in [2.75, 3.05) is 0 Å². The molecule has 0 fully saturated rings. The number of nitrogens with two attached hydrogens (primary N) is 1. The van der Waals surface area contributed by atoms with Crippen LogP contribution in [0.1, 0.15) is 20.3 Å². The molecule has 0 aromatic carbocycles. The molecule has 0 aromatic rings. The van der Waals surface area contributed by atoms with Crippen LogP contribution in [0.2, 0.25) is 0 Å². The molecular formula is C7H13NO2. The highest BCUT2D eigenvalue weighted by Crippen LogP contribution is 2.03. The van der Waals surface area contributed by atoms with Crippen LogP contribution in [0.15, 0.2) is 12.2 Å². The van der Waals surface area contributed by atoms with E-state index in [-0.39, 0.29) is 5.54 Å². The lowest BCUT2D eigenvalue weighted by Gasteiger charge is -2.14. The van der Waals surface area contributed by atoms with Gasteiger partial charge in [-0.15, -0.1) is 0 Å². The van der Waals surface area contributed by atoms with Crippen molar-refractivity contribution >= 4 is 5.97 Å². The van der Waals surface area contributed by atoms with Crippen LogP contribution < -0.4 is 5.73 Å². The van der Waals surface area contributed by atoms with Crippen molar-refractivity contribution in [1.82, 2.24) is 0 Å². The molecule has 0 spiro atoms. The van der Waals surface area contributed by atoms with E-state index in [0.717, 1.165) is 6.08 Å². The molecule has 0 rings (SSSR count). The van der Waals surface area contributed by atoms with Gasteiger partial charge in [-0.05, 0) is 20.3 Å². The first kappa shape index (κ1) is 9.17. The summed E-state index contributed by atoms with van der Waals surface area (Å²) < 4.78 is 0. The standard InChI is InChI=1S/C7H13NO2/c1-7(2,8)5-3-4-6(9)10/h3-4H,5,8H2,1-2H3,(H,9,10)/b4-3+. The summed E-state index contributed by atoms with van der Waals surface area (Å²) in [6.07, 6.45) is 3.25. The predicted molar refractivity (Wildman–Crippen MR) is 39.7 cm³/mol. The first-order valence-electron chi connectivity index (χ1n) is 3.10. The summed E-state index contributed by atoms with van der Waals surface area (Å²) in [5, 5.41) is 8.18. The van der Waals surface area contributed by atoms with E-state index in [0.29, 0.717) is 6.42 Å². The van der Waals surface area contributed by atoms with Gasteiger partial charge in [0, 0.05) is 11.6 Å². The molecule has 0 aliphatic carbocycles. The number of aliphatic carboxylic acids is 1. The Balaban J connectivity index is 3.64. The maximum absolute atomic E-state index is 9.96. The Morgan fingerprint density at radius 1 is 1.70 bits per heavy atom. The molecule has 0 atom stereocenters. The van der Waals surface area contributed by atoms with Gasteiger partial charge in [-0.3, -0.25) is 0 Å². The Kier molecular flexibility index (Phi) is 3.09. The predicted octanol–water partition coefficient (Wildman–Crippen LogP) is 0.755. The van der Waals surface area contributed by atoms with E-state index in [2.05, 4.69) is 0 Å². The monoisotopic (exact) mass is 143 g/mol. The quantitative estimate of drug-likeness (QED) is 0.573. The molecule has 58 valence electrons. The van der Waals surface area contributed by atoms with Crippen molar-refractivity contribution in [3.05, 3.63) is 12.2 Å². The first-order valence-corrected chi connectivity index (χ1v) is 3.10. The van der Waals surface area contributed by atoms with Crippen molar-refractivity contribution < 1.29 is 9.90 Å². The summed E-state index contributed by atoms with van der Waals surface area (Å²) in [4.78, 5) is 9.96. The molecule has 0 radical (unpaired) electrons. The van der Waals surface area contributed by atoms with Gasteiger partial charge in [-0.25, -0.2) is 4.79 Å². The molecule has 3 N–H and O–H groups in total. The van der Waals surface area contributed by atoms with Crippen molar-refractivity contribution in [3.8, 4) is 0 Å². The van der Waals surface area contributed by atoms with Crippen LogP contribution in [0.3, 0.4) is 0 Å². The zero-order valence-electron chi connectivity index (χ0n) is 6.29. The van der Waals surface area contributed by atoms with E-state index in [4.69, 9.17) is 10.8 Å². The Morgan fingerprint density at radius 3 is 2.50 bits per heavy atom. The fraction of sp³-hybridized carbons (Fsp3) is 0.571. The van der Waals surface area contributed by atoms with E-state index in [9.17, 15) is 4.79 Å². The third-order valence-electron chi connectivity index (χ3n) is 0.904. The van der Waals surface area contributed by atoms with Crippen molar-refractivity contribution in [1.29, 1.82) is 0 Å². The second kappa shape index (κ2) is 3.37. The third kappa shape index (κ3) is 7.17. The average molecular weight is 143 g/mol. The molecule has 3 heteroatoms. The molecule has 0 unspecified atom stereocenters. The topological polar surface area (TPSA) is 63.3 Å². The van der Waals surface area contributed by atoms with Gasteiger partial charge in [-0.1, -0.05) is 6.08 Å². The lowest BCUT2D eigenvalue weighted by Crippen LogP contribution is -2.30. The molecule has 0 aliphatic heterocycles.